The van der Waals surface area contributed by atoms with Gasteiger partial charge in [0.05, 0.1) is 5.69 Å². The third-order valence-electron chi connectivity index (χ3n) is 4.72. The topological polar surface area (TPSA) is 125 Å². The van der Waals surface area contributed by atoms with Crippen molar-refractivity contribution < 1.29 is 22.6 Å². The fourth-order valence-corrected chi connectivity index (χ4v) is 4.48. The molecule has 0 saturated carbocycles. The lowest BCUT2D eigenvalue weighted by Crippen LogP contribution is -2.31. The number of thiazole rings is 1. The molecule has 0 radical (unpaired) electrons. The van der Waals surface area contributed by atoms with Crippen molar-refractivity contribution in [1.29, 1.82) is 0 Å². The molecule has 8 nitrogen and oxygen atoms in total. The molecule has 0 fully saturated rings. The molecule has 3 N–H and O–H groups in total. The zero-order valence-corrected chi connectivity index (χ0v) is 18.9. The molecule has 3 aromatic rings. The van der Waals surface area contributed by atoms with E-state index in [1.54, 1.807) is 12.1 Å². The normalized spacial score (nSPS) is 12.2. The number of aryl methyl sites for hydroxylation is 1. The van der Waals surface area contributed by atoms with E-state index in [-0.39, 0.29) is 11.5 Å². The predicted molar refractivity (Wildman–Crippen MR) is 122 cm³/mol. The highest BCUT2D eigenvalue weighted by molar-refractivity contribution is 7.84. The molecular weight excluding hydrogens is 450 g/mol. The summed E-state index contributed by atoms with van der Waals surface area (Å²) in [7, 11) is -4.61. The summed E-state index contributed by atoms with van der Waals surface area (Å²) < 4.78 is 31.7. The van der Waals surface area contributed by atoms with Gasteiger partial charge in [-0.3, -0.25) is 14.1 Å². The Morgan fingerprint density at radius 3 is 2.38 bits per heavy atom. The zero-order valence-electron chi connectivity index (χ0n) is 17.3. The van der Waals surface area contributed by atoms with Crippen molar-refractivity contribution in [3.63, 3.8) is 0 Å². The number of hydrogen-bond donors (Lipinski definition) is 3. The molecule has 2 amide bonds. The first-order chi connectivity index (χ1) is 15.3. The molecule has 0 aliphatic carbocycles. The number of carbonyl (C=O) groups is 2. The third kappa shape index (κ3) is 6.46. The van der Waals surface area contributed by atoms with Gasteiger partial charge in [0.1, 0.15) is 10.9 Å². The van der Waals surface area contributed by atoms with Crippen molar-refractivity contribution in [2.75, 3.05) is 6.54 Å². The van der Waals surface area contributed by atoms with Crippen LogP contribution in [0.3, 0.4) is 0 Å². The lowest BCUT2D eigenvalue weighted by molar-refractivity contribution is -0.121. The zero-order chi connectivity index (χ0) is 23.1. The number of hydrogen-bond acceptors (Lipinski definition) is 6. The minimum absolute atomic E-state index is 0.0926. The maximum Gasteiger partial charge on any atom is 0.359 e. The molecule has 32 heavy (non-hydrogen) atoms. The number of aromatic nitrogens is 1. The summed E-state index contributed by atoms with van der Waals surface area (Å²) >= 11 is 1.47. The minimum Gasteiger partial charge on any atom is -0.355 e. The first-order valence-corrected chi connectivity index (χ1v) is 12.2. The molecule has 0 unspecified atom stereocenters. The van der Waals surface area contributed by atoms with Gasteiger partial charge in [-0.25, -0.2) is 9.71 Å². The van der Waals surface area contributed by atoms with E-state index in [0.717, 1.165) is 28.2 Å². The van der Waals surface area contributed by atoms with Crippen LogP contribution in [0.5, 0.6) is 0 Å². The highest BCUT2D eigenvalue weighted by Gasteiger charge is 2.25. The summed E-state index contributed by atoms with van der Waals surface area (Å²) in [6.07, 6.45) is 1.32. The first kappa shape index (κ1) is 23.6. The van der Waals surface area contributed by atoms with E-state index in [2.05, 4.69) is 10.3 Å². The molecule has 168 valence electrons. The summed E-state index contributed by atoms with van der Waals surface area (Å²) in [5, 5.41) is 5.68. The van der Waals surface area contributed by atoms with Crippen LogP contribution in [-0.2, 0) is 27.9 Å². The second-order valence-corrected chi connectivity index (χ2v) is 9.06. The molecule has 0 aliphatic rings. The van der Waals surface area contributed by atoms with Gasteiger partial charge in [0.15, 0.2) is 0 Å². The van der Waals surface area contributed by atoms with E-state index in [4.69, 9.17) is 4.55 Å². The highest BCUT2D eigenvalue weighted by atomic mass is 32.2. The number of amides is 2. The Morgan fingerprint density at radius 2 is 1.78 bits per heavy atom. The van der Waals surface area contributed by atoms with Crippen molar-refractivity contribution in [1.82, 2.24) is 15.0 Å². The van der Waals surface area contributed by atoms with E-state index in [9.17, 15) is 18.0 Å². The second-order valence-electron chi connectivity index (χ2n) is 7.02. The van der Waals surface area contributed by atoms with Gasteiger partial charge in [-0.05, 0) is 36.1 Å². The number of nitrogens with one attached hydrogen (secondary N) is 2. The van der Waals surface area contributed by atoms with Crippen LogP contribution in [0.15, 0.2) is 60.0 Å². The van der Waals surface area contributed by atoms with E-state index < -0.39 is 22.1 Å². The van der Waals surface area contributed by atoms with Gasteiger partial charge in [0, 0.05) is 17.5 Å². The number of carbonyl (C=O) groups excluding carboxylic acids is 2. The van der Waals surface area contributed by atoms with E-state index in [1.807, 2.05) is 42.6 Å². The fraction of sp³-hybridized carbons (Fsp3) is 0.227. The van der Waals surface area contributed by atoms with Crippen molar-refractivity contribution in [3.8, 4) is 0 Å². The maximum absolute atomic E-state index is 13.0. The molecule has 0 aliphatic heterocycles. The summed E-state index contributed by atoms with van der Waals surface area (Å²) in [5.41, 5.74) is 2.77. The summed E-state index contributed by atoms with van der Waals surface area (Å²) in [6, 6.07) is 15.7. The quantitative estimate of drug-likeness (QED) is 0.410. The molecule has 3 rings (SSSR count). The SMILES string of the molecule is CCc1csc([C@H](C(=O)NCCc2ccc(C(=O)NS(=O)(=O)O)cc2)c2ccccc2)n1. The minimum atomic E-state index is -4.61. The van der Waals surface area contributed by atoms with Gasteiger partial charge >= 0.3 is 10.3 Å². The summed E-state index contributed by atoms with van der Waals surface area (Å²) in [5.74, 6) is -1.56. The van der Waals surface area contributed by atoms with Gasteiger partial charge in [-0.1, -0.05) is 49.4 Å². The molecule has 1 aromatic heterocycles. The van der Waals surface area contributed by atoms with Crippen LogP contribution in [-0.4, -0.2) is 36.3 Å². The molecule has 0 spiro atoms. The van der Waals surface area contributed by atoms with E-state index in [1.165, 1.54) is 28.2 Å². The van der Waals surface area contributed by atoms with Crippen molar-refractivity contribution in [2.45, 2.75) is 25.7 Å². The third-order valence-corrected chi connectivity index (χ3v) is 6.13. The van der Waals surface area contributed by atoms with Crippen molar-refractivity contribution in [2.24, 2.45) is 0 Å². The van der Waals surface area contributed by atoms with Crippen LogP contribution in [0.25, 0.3) is 0 Å². The monoisotopic (exact) mass is 473 g/mol. The molecule has 10 heteroatoms. The highest BCUT2D eigenvalue weighted by Crippen LogP contribution is 2.28. The molecule has 1 atom stereocenters. The first-order valence-electron chi connectivity index (χ1n) is 9.92. The van der Waals surface area contributed by atoms with Crippen LogP contribution in [0.1, 0.15) is 45.0 Å². The van der Waals surface area contributed by atoms with Crippen LogP contribution in [0.2, 0.25) is 0 Å². The van der Waals surface area contributed by atoms with E-state index >= 15 is 0 Å². The summed E-state index contributed by atoms with van der Waals surface area (Å²) in [4.78, 5) is 29.4. The Labute approximate surface area is 190 Å². The summed E-state index contributed by atoms with van der Waals surface area (Å²) in [6.45, 7) is 2.40. The number of nitrogens with zero attached hydrogens (tertiary/aromatic N) is 1. The standard InChI is InChI=1S/C22H23N3O5S2/c1-2-18-14-31-22(24-18)19(16-6-4-3-5-7-16)21(27)23-13-12-15-8-10-17(11-9-15)20(26)25-32(28,29)30/h3-11,14,19H,2,12-13H2,1H3,(H,23,27)(H,25,26)(H,28,29,30)/t19-/m0/s1. The van der Waals surface area contributed by atoms with Gasteiger partial charge in [-0.15, -0.1) is 11.3 Å². The largest absolute Gasteiger partial charge is 0.359 e. The molecule has 0 saturated heterocycles. The number of rotatable bonds is 9. The van der Waals surface area contributed by atoms with Gasteiger partial charge < -0.3 is 5.32 Å². The lowest BCUT2D eigenvalue weighted by Gasteiger charge is -2.15. The van der Waals surface area contributed by atoms with Gasteiger partial charge in [0.25, 0.3) is 5.91 Å². The van der Waals surface area contributed by atoms with Crippen LogP contribution in [0.4, 0.5) is 0 Å². The average molecular weight is 474 g/mol. The van der Waals surface area contributed by atoms with Crippen LogP contribution in [0, 0.1) is 0 Å². The smallest absolute Gasteiger partial charge is 0.355 e. The predicted octanol–water partition coefficient (Wildman–Crippen LogP) is 2.73. The van der Waals surface area contributed by atoms with E-state index in [0.29, 0.717) is 13.0 Å². The molecular formula is C22H23N3O5S2. The van der Waals surface area contributed by atoms with Crippen molar-refractivity contribution >= 4 is 33.5 Å². The van der Waals surface area contributed by atoms with Crippen LogP contribution >= 0.6 is 11.3 Å². The Balaban J connectivity index is 1.63. The second kappa shape index (κ2) is 10.5. The Morgan fingerprint density at radius 1 is 1.09 bits per heavy atom. The number of benzene rings is 2. The Kier molecular flexibility index (Phi) is 7.73. The molecule has 2 aromatic carbocycles. The lowest BCUT2D eigenvalue weighted by atomic mass is 9.98. The van der Waals surface area contributed by atoms with Gasteiger partial charge in [-0.2, -0.15) is 8.42 Å². The molecule has 1 heterocycles. The Bertz CT molecular complexity index is 1180. The van der Waals surface area contributed by atoms with Crippen LogP contribution < -0.4 is 10.0 Å². The fourth-order valence-electron chi connectivity index (χ4n) is 3.10. The average Bonchev–Trinajstić information content (AvgIpc) is 3.22. The molecule has 0 bridgehead atoms. The van der Waals surface area contributed by atoms with Gasteiger partial charge in [0.2, 0.25) is 5.91 Å². The maximum atomic E-state index is 13.0. The Hall–Kier alpha value is -3.08. The van der Waals surface area contributed by atoms with Crippen molar-refractivity contribution in [3.05, 3.63) is 87.4 Å².